The molecule has 0 aromatic heterocycles. The van der Waals surface area contributed by atoms with Crippen molar-refractivity contribution >= 4 is 0 Å². The van der Waals surface area contributed by atoms with Crippen LogP contribution in [0.25, 0.3) is 0 Å². The number of ether oxygens (including phenoxy) is 2. The Morgan fingerprint density at radius 2 is 1.50 bits per heavy atom. The Morgan fingerprint density at radius 3 is 1.83 bits per heavy atom. The van der Waals surface area contributed by atoms with Crippen molar-refractivity contribution in [3.05, 3.63) is 0 Å². The van der Waals surface area contributed by atoms with Crippen molar-refractivity contribution < 1.29 is 31.2 Å². The minimum Gasteiger partial charge on any atom is -0.353 e. The van der Waals surface area contributed by atoms with E-state index >= 15 is 0 Å². The SMILES string of the molecule is CCCCOC(CC(C#N)CC)OCCCC.[Ti]. The van der Waals surface area contributed by atoms with Crippen LogP contribution in [0, 0.1) is 17.2 Å². The zero-order valence-corrected chi connectivity index (χ0v) is 13.6. The van der Waals surface area contributed by atoms with Crippen LogP contribution in [0.15, 0.2) is 0 Å². The Bertz CT molecular complexity index is 196. The fraction of sp³-hybridized carbons (Fsp3) is 0.929. The van der Waals surface area contributed by atoms with Gasteiger partial charge >= 0.3 is 0 Å². The van der Waals surface area contributed by atoms with Crippen LogP contribution >= 0.6 is 0 Å². The molecule has 18 heavy (non-hydrogen) atoms. The number of nitriles is 1. The molecule has 1 atom stereocenters. The van der Waals surface area contributed by atoms with Crippen molar-refractivity contribution in [3.8, 4) is 6.07 Å². The van der Waals surface area contributed by atoms with Gasteiger partial charge in [0.2, 0.25) is 0 Å². The van der Waals surface area contributed by atoms with Gasteiger partial charge in [-0.25, -0.2) is 0 Å². The van der Waals surface area contributed by atoms with E-state index in [1.807, 2.05) is 6.92 Å². The molecule has 0 aliphatic heterocycles. The number of hydrogen-bond donors (Lipinski definition) is 0. The molecule has 104 valence electrons. The van der Waals surface area contributed by atoms with Crippen LogP contribution in [-0.4, -0.2) is 19.5 Å². The average molecular weight is 289 g/mol. The molecule has 1 unspecified atom stereocenters. The van der Waals surface area contributed by atoms with Gasteiger partial charge in [-0.1, -0.05) is 33.6 Å². The monoisotopic (exact) mass is 289 g/mol. The van der Waals surface area contributed by atoms with Crippen molar-refractivity contribution in [1.29, 1.82) is 5.26 Å². The van der Waals surface area contributed by atoms with E-state index in [4.69, 9.17) is 14.7 Å². The Labute approximate surface area is 127 Å². The summed E-state index contributed by atoms with van der Waals surface area (Å²) < 4.78 is 11.4. The van der Waals surface area contributed by atoms with E-state index in [0.29, 0.717) is 6.42 Å². The second-order valence-corrected chi connectivity index (χ2v) is 4.35. The Balaban J connectivity index is 0. The van der Waals surface area contributed by atoms with Crippen molar-refractivity contribution in [3.63, 3.8) is 0 Å². The van der Waals surface area contributed by atoms with Crippen molar-refractivity contribution in [2.75, 3.05) is 13.2 Å². The number of hydrogen-bond acceptors (Lipinski definition) is 3. The van der Waals surface area contributed by atoms with Crippen LogP contribution in [0.3, 0.4) is 0 Å². The molecule has 0 bridgehead atoms. The third-order valence-electron chi connectivity index (χ3n) is 2.76. The van der Waals surface area contributed by atoms with Gasteiger partial charge < -0.3 is 9.47 Å². The second-order valence-electron chi connectivity index (χ2n) is 4.35. The molecule has 0 N–H and O–H groups in total. The quantitative estimate of drug-likeness (QED) is 0.329. The maximum absolute atomic E-state index is 8.96. The molecule has 0 heterocycles. The van der Waals surface area contributed by atoms with Gasteiger partial charge in [-0.05, 0) is 19.3 Å². The molecule has 0 amide bonds. The summed E-state index contributed by atoms with van der Waals surface area (Å²) in [7, 11) is 0. The fourth-order valence-electron chi connectivity index (χ4n) is 1.45. The standard InChI is InChI=1S/C14H27NO2.Ti/c1-4-7-9-16-14(17-10-8-5-2)11-13(6-3)12-15;/h13-14H,4-11H2,1-3H3;. The first-order chi connectivity index (χ1) is 8.28. The predicted octanol–water partition coefficient (Wildman–Crippen LogP) is 3.88. The van der Waals surface area contributed by atoms with Crippen LogP contribution in [0.4, 0.5) is 0 Å². The van der Waals surface area contributed by atoms with Gasteiger partial charge in [-0.3, -0.25) is 0 Å². The van der Waals surface area contributed by atoms with Crippen molar-refractivity contribution in [2.45, 2.75) is 65.6 Å². The minimum absolute atomic E-state index is 0. The van der Waals surface area contributed by atoms with Crippen molar-refractivity contribution in [2.24, 2.45) is 5.92 Å². The van der Waals surface area contributed by atoms with Gasteiger partial charge in [0.25, 0.3) is 0 Å². The average Bonchev–Trinajstić information content (AvgIpc) is 2.35. The van der Waals surface area contributed by atoms with E-state index in [2.05, 4.69) is 19.9 Å². The van der Waals surface area contributed by atoms with E-state index in [0.717, 1.165) is 45.3 Å². The molecule has 0 aromatic carbocycles. The zero-order valence-electron chi connectivity index (χ0n) is 12.1. The Hall–Kier alpha value is 0.124. The molecule has 0 rings (SSSR count). The molecule has 0 aliphatic rings. The molecular weight excluding hydrogens is 262 g/mol. The van der Waals surface area contributed by atoms with Crippen LogP contribution in [0.2, 0.25) is 0 Å². The number of unbranched alkanes of at least 4 members (excludes halogenated alkanes) is 2. The van der Waals surface area contributed by atoms with E-state index in [1.54, 1.807) is 0 Å². The largest absolute Gasteiger partial charge is 0.353 e. The molecule has 4 heteroatoms. The molecule has 0 fully saturated rings. The molecule has 0 spiro atoms. The normalized spacial score (nSPS) is 11.9. The Kier molecular flexibility index (Phi) is 17.2. The van der Waals surface area contributed by atoms with Crippen molar-refractivity contribution in [1.82, 2.24) is 0 Å². The maximum atomic E-state index is 8.96. The summed E-state index contributed by atoms with van der Waals surface area (Å²) in [5.74, 6) is 0.0447. The van der Waals surface area contributed by atoms with E-state index in [9.17, 15) is 0 Å². The molecule has 0 saturated heterocycles. The Morgan fingerprint density at radius 1 is 1.00 bits per heavy atom. The molecule has 0 radical (unpaired) electrons. The summed E-state index contributed by atoms with van der Waals surface area (Å²) in [5.41, 5.74) is 0. The third-order valence-corrected chi connectivity index (χ3v) is 2.76. The second kappa shape index (κ2) is 15.2. The topological polar surface area (TPSA) is 42.2 Å². The molecule has 0 aliphatic carbocycles. The third kappa shape index (κ3) is 11.2. The van der Waals surface area contributed by atoms with Gasteiger partial charge in [-0.2, -0.15) is 5.26 Å². The smallest absolute Gasteiger partial charge is 0.158 e. The van der Waals surface area contributed by atoms with Gasteiger partial charge in [0, 0.05) is 41.4 Å². The van der Waals surface area contributed by atoms with E-state index in [1.165, 1.54) is 0 Å². The molecule has 3 nitrogen and oxygen atoms in total. The van der Waals surface area contributed by atoms with Gasteiger partial charge in [-0.15, -0.1) is 0 Å². The summed E-state index contributed by atoms with van der Waals surface area (Å²) in [6, 6.07) is 2.30. The molecular formula is C14H27NO2Ti. The summed E-state index contributed by atoms with van der Waals surface area (Å²) in [5, 5.41) is 8.96. The van der Waals surface area contributed by atoms with Crippen LogP contribution < -0.4 is 0 Å². The number of rotatable bonds is 11. The van der Waals surface area contributed by atoms with Crippen LogP contribution in [0.1, 0.15) is 59.3 Å². The van der Waals surface area contributed by atoms with E-state index < -0.39 is 0 Å². The maximum Gasteiger partial charge on any atom is 0.158 e. The first-order valence-corrected chi connectivity index (χ1v) is 6.91. The molecule has 0 aromatic rings. The first kappa shape index (κ1) is 20.4. The summed E-state index contributed by atoms with van der Waals surface area (Å²) >= 11 is 0. The van der Waals surface area contributed by atoms with Gasteiger partial charge in [0.1, 0.15) is 0 Å². The summed E-state index contributed by atoms with van der Waals surface area (Å²) in [6.07, 6.45) is 5.71. The van der Waals surface area contributed by atoms with Gasteiger partial charge in [0.05, 0.1) is 12.0 Å². The summed E-state index contributed by atoms with van der Waals surface area (Å²) in [6.45, 7) is 7.77. The van der Waals surface area contributed by atoms with Crippen LogP contribution in [-0.2, 0) is 31.2 Å². The predicted molar refractivity (Wildman–Crippen MR) is 69.5 cm³/mol. The van der Waals surface area contributed by atoms with E-state index in [-0.39, 0.29) is 33.9 Å². The summed E-state index contributed by atoms with van der Waals surface area (Å²) in [4.78, 5) is 0. The molecule has 0 saturated carbocycles. The zero-order chi connectivity index (χ0) is 12.9. The minimum atomic E-state index is -0.197. The fourth-order valence-corrected chi connectivity index (χ4v) is 1.45. The first-order valence-electron chi connectivity index (χ1n) is 6.91. The van der Waals surface area contributed by atoms with Gasteiger partial charge in [0.15, 0.2) is 6.29 Å². The van der Waals surface area contributed by atoms with Crippen LogP contribution in [0.5, 0.6) is 0 Å². The number of nitrogens with zero attached hydrogens (tertiary/aromatic N) is 1.